The lowest BCUT2D eigenvalue weighted by molar-refractivity contribution is -0.162. The average Bonchev–Trinajstić information content (AvgIpc) is 3.80. The number of piperidine rings is 2. The number of aromatic nitrogens is 8. The molecular weight excluding hydrogens is 720 g/mol. The lowest BCUT2D eigenvalue weighted by Gasteiger charge is -2.39. The van der Waals surface area contributed by atoms with Crippen molar-refractivity contribution in [1.29, 1.82) is 0 Å². The number of rotatable bonds is 9. The smallest absolute Gasteiger partial charge is 0.350 e. The molecule has 7 rings (SSSR count). The van der Waals surface area contributed by atoms with E-state index in [0.29, 0.717) is 80.0 Å². The van der Waals surface area contributed by atoms with Crippen molar-refractivity contribution in [2.45, 2.75) is 36.9 Å². The van der Waals surface area contributed by atoms with Gasteiger partial charge in [-0.1, -0.05) is 23.7 Å². The van der Waals surface area contributed by atoms with Gasteiger partial charge in [-0.25, -0.2) is 9.59 Å². The number of aryl methyl sites for hydroxylation is 2. The highest BCUT2D eigenvalue weighted by Crippen LogP contribution is 2.35. The van der Waals surface area contributed by atoms with Crippen LogP contribution in [0.25, 0.3) is 11.3 Å². The summed E-state index contributed by atoms with van der Waals surface area (Å²) in [4.78, 5) is 29.1. The molecule has 0 atom stereocenters. The van der Waals surface area contributed by atoms with Crippen LogP contribution in [0.3, 0.4) is 0 Å². The number of esters is 2. The Morgan fingerprint density at radius 2 is 1.20 bits per heavy atom. The van der Waals surface area contributed by atoms with Gasteiger partial charge in [0.15, 0.2) is 5.15 Å². The molecule has 18 heteroatoms. The van der Waals surface area contributed by atoms with Gasteiger partial charge in [0.05, 0.1) is 43.7 Å². The van der Waals surface area contributed by atoms with Crippen LogP contribution in [0.2, 0.25) is 5.15 Å². The topological polar surface area (TPSA) is 185 Å². The SMILES string of the molecule is COC(=O)C1(Oc2ccn(C)n2)CCN(c2cnnc(-c3ccccc3O)c2)CC1.COC(=O)C1(Oc2ccn(C)n2)CCN(c2cnnc(Cl)c2)CC1. The van der Waals surface area contributed by atoms with Crippen LogP contribution in [0.1, 0.15) is 25.7 Å². The molecule has 2 fully saturated rings. The molecule has 17 nitrogen and oxygen atoms in total. The van der Waals surface area contributed by atoms with Crippen LogP contribution in [0.5, 0.6) is 17.5 Å². The fourth-order valence-corrected chi connectivity index (χ4v) is 6.63. The number of methoxy groups -OCH3 is 2. The second-order valence-corrected chi connectivity index (χ2v) is 13.2. The maximum atomic E-state index is 12.6. The predicted octanol–water partition coefficient (Wildman–Crippen LogP) is 3.63. The van der Waals surface area contributed by atoms with E-state index in [1.54, 1.807) is 84.6 Å². The van der Waals surface area contributed by atoms with Gasteiger partial charge >= 0.3 is 11.9 Å². The van der Waals surface area contributed by atoms with Gasteiger partial charge in [0.1, 0.15) is 5.75 Å². The highest BCUT2D eigenvalue weighted by atomic mass is 35.5. The third kappa shape index (κ3) is 8.46. The van der Waals surface area contributed by atoms with Crippen LogP contribution < -0.4 is 19.3 Å². The maximum absolute atomic E-state index is 12.6. The number of carbonyl (C=O) groups is 2. The molecule has 0 radical (unpaired) electrons. The monoisotopic (exact) mass is 760 g/mol. The Labute approximate surface area is 316 Å². The fourth-order valence-electron chi connectivity index (χ4n) is 6.47. The lowest BCUT2D eigenvalue weighted by atomic mass is 9.90. The minimum absolute atomic E-state index is 0.149. The van der Waals surface area contributed by atoms with Crippen molar-refractivity contribution in [2.75, 3.05) is 50.2 Å². The van der Waals surface area contributed by atoms with Crippen LogP contribution in [0.15, 0.2) is 73.3 Å². The number of halogens is 1. The van der Waals surface area contributed by atoms with E-state index in [2.05, 4.69) is 40.4 Å². The van der Waals surface area contributed by atoms with Gasteiger partial charge in [0.2, 0.25) is 23.0 Å². The standard InChI is InChI=1S/C21H23N5O4.C15H18ClN5O3/c1-25-10-7-19(24-25)30-21(20(28)29-2)8-11-26(12-9-21)15-13-17(23-22-14-15)16-5-3-4-6-18(16)27;1-20-6-3-13(19-20)24-15(14(22)23-2)4-7-21(8-5-15)11-9-12(16)18-17-10-11/h3-7,10,13-14,27H,8-9,11-12H2,1-2H3;3,6,9-10H,4-5,7-8H2,1-2H3. The highest BCUT2D eigenvalue weighted by molar-refractivity contribution is 6.29. The first-order valence-corrected chi connectivity index (χ1v) is 17.5. The molecule has 2 aliphatic heterocycles. The average molecular weight is 761 g/mol. The first-order valence-electron chi connectivity index (χ1n) is 17.2. The number of carbonyl (C=O) groups excluding carboxylic acids is 2. The number of aromatic hydroxyl groups is 1. The van der Waals surface area contributed by atoms with E-state index in [1.807, 2.05) is 12.1 Å². The van der Waals surface area contributed by atoms with Crippen molar-refractivity contribution in [2.24, 2.45) is 14.1 Å². The number of ether oxygens (including phenoxy) is 4. The molecule has 0 saturated carbocycles. The van der Waals surface area contributed by atoms with Crippen molar-refractivity contribution >= 4 is 34.9 Å². The summed E-state index contributed by atoms with van der Waals surface area (Å²) in [5, 5.41) is 34.7. The number of para-hydroxylation sites is 1. The van der Waals surface area contributed by atoms with Crippen LogP contribution in [-0.2, 0) is 33.2 Å². The van der Waals surface area contributed by atoms with Gasteiger partial charge in [-0.2, -0.15) is 15.3 Å². The molecule has 54 heavy (non-hydrogen) atoms. The van der Waals surface area contributed by atoms with Crippen LogP contribution in [0, 0.1) is 0 Å². The van der Waals surface area contributed by atoms with Crippen LogP contribution in [0.4, 0.5) is 11.4 Å². The van der Waals surface area contributed by atoms with E-state index in [4.69, 9.17) is 30.5 Å². The zero-order valence-electron chi connectivity index (χ0n) is 30.3. The molecule has 1 aromatic carbocycles. The fraction of sp³-hybridized carbons (Fsp3) is 0.389. The predicted molar refractivity (Wildman–Crippen MR) is 196 cm³/mol. The Kier molecular flexibility index (Phi) is 11.4. The third-order valence-corrected chi connectivity index (χ3v) is 9.58. The summed E-state index contributed by atoms with van der Waals surface area (Å²) in [7, 11) is 6.31. The Balaban J connectivity index is 0.000000189. The quantitative estimate of drug-likeness (QED) is 0.215. The van der Waals surface area contributed by atoms with Crippen molar-refractivity contribution in [3.05, 3.63) is 78.5 Å². The van der Waals surface area contributed by atoms with Gasteiger partial charge in [0, 0.05) is 102 Å². The van der Waals surface area contributed by atoms with Gasteiger partial charge in [-0.15, -0.1) is 15.3 Å². The Morgan fingerprint density at radius 3 is 1.65 bits per heavy atom. The first kappa shape index (κ1) is 37.8. The number of nitrogens with zero attached hydrogens (tertiary/aromatic N) is 10. The zero-order chi connectivity index (χ0) is 38.3. The van der Waals surface area contributed by atoms with Crippen molar-refractivity contribution in [3.8, 4) is 28.8 Å². The van der Waals surface area contributed by atoms with Gasteiger partial charge < -0.3 is 33.9 Å². The zero-order valence-corrected chi connectivity index (χ0v) is 31.1. The summed E-state index contributed by atoms with van der Waals surface area (Å²) in [6.45, 7) is 2.33. The molecule has 0 aliphatic carbocycles. The summed E-state index contributed by atoms with van der Waals surface area (Å²) < 4.78 is 25.2. The number of benzene rings is 1. The molecule has 5 aromatic rings. The van der Waals surface area contributed by atoms with E-state index >= 15 is 0 Å². The van der Waals surface area contributed by atoms with E-state index in [-0.39, 0.29) is 5.75 Å². The van der Waals surface area contributed by atoms with E-state index in [0.717, 1.165) is 11.4 Å². The number of phenols is 1. The van der Waals surface area contributed by atoms with E-state index in [1.165, 1.54) is 14.2 Å². The van der Waals surface area contributed by atoms with Gasteiger partial charge in [-0.3, -0.25) is 9.36 Å². The highest BCUT2D eigenvalue weighted by Gasteiger charge is 2.47. The minimum atomic E-state index is -1.08. The molecule has 2 saturated heterocycles. The summed E-state index contributed by atoms with van der Waals surface area (Å²) in [5.41, 5.74) is 0.807. The molecule has 1 N–H and O–H groups in total. The third-order valence-electron chi connectivity index (χ3n) is 9.40. The molecule has 284 valence electrons. The second-order valence-electron chi connectivity index (χ2n) is 12.9. The maximum Gasteiger partial charge on any atom is 0.350 e. The Bertz CT molecular complexity index is 2060. The summed E-state index contributed by atoms with van der Waals surface area (Å²) in [5.74, 6) is 0.152. The molecule has 0 amide bonds. The molecule has 0 unspecified atom stereocenters. The van der Waals surface area contributed by atoms with Crippen molar-refractivity contribution < 1.29 is 33.6 Å². The molecule has 2 aliphatic rings. The van der Waals surface area contributed by atoms with Crippen LogP contribution >= 0.6 is 11.6 Å². The lowest BCUT2D eigenvalue weighted by Crippen LogP contribution is -2.54. The number of anilines is 2. The largest absolute Gasteiger partial charge is 0.507 e. The molecule has 6 heterocycles. The van der Waals surface area contributed by atoms with Gasteiger partial charge in [0.25, 0.3) is 0 Å². The number of phenolic OH excluding ortho intramolecular Hbond substituents is 1. The summed E-state index contributed by atoms with van der Waals surface area (Å²) >= 11 is 5.89. The first-order chi connectivity index (χ1) is 26.0. The summed E-state index contributed by atoms with van der Waals surface area (Å²) in [6.07, 6.45) is 8.66. The number of hydrogen-bond donors (Lipinski definition) is 1. The minimum Gasteiger partial charge on any atom is -0.507 e. The van der Waals surface area contributed by atoms with Crippen molar-refractivity contribution in [1.82, 2.24) is 40.0 Å². The Hall–Kier alpha value is -5.97. The van der Waals surface area contributed by atoms with Crippen LogP contribution in [-0.4, -0.2) is 109 Å². The summed E-state index contributed by atoms with van der Waals surface area (Å²) in [6, 6.07) is 14.1. The second kappa shape index (κ2) is 16.4. The molecule has 4 aromatic heterocycles. The number of hydrogen-bond acceptors (Lipinski definition) is 15. The van der Waals surface area contributed by atoms with E-state index in [9.17, 15) is 14.7 Å². The molecule has 0 spiro atoms. The normalized spacial score (nSPS) is 16.1. The molecule has 0 bridgehead atoms. The van der Waals surface area contributed by atoms with Crippen molar-refractivity contribution in [3.63, 3.8) is 0 Å². The molecular formula is C36H41ClN10O7. The van der Waals surface area contributed by atoms with E-state index < -0.39 is 23.1 Å². The van der Waals surface area contributed by atoms with Gasteiger partial charge in [-0.05, 0) is 18.2 Å². The Morgan fingerprint density at radius 1 is 0.722 bits per heavy atom.